The summed E-state index contributed by atoms with van der Waals surface area (Å²) in [5.41, 5.74) is 1.23. The van der Waals surface area contributed by atoms with Crippen molar-refractivity contribution in [1.29, 1.82) is 0 Å². The SMILES string of the molecule is CC1=C[C](C)([V+2]=[O])C=C1.[Cl-].[Cl-]. The smallest absolute Gasteiger partial charge is 1.00 e. The third-order valence-electron chi connectivity index (χ3n) is 1.40. The number of halogens is 2. The second-order valence-corrected chi connectivity index (χ2v) is 4.33. The Bertz CT molecular complexity index is 201. The molecule has 62 valence electrons. The van der Waals surface area contributed by atoms with E-state index in [1.54, 1.807) is 0 Å². The van der Waals surface area contributed by atoms with Gasteiger partial charge in [0.2, 0.25) is 0 Å². The van der Waals surface area contributed by atoms with Crippen LogP contribution in [0.2, 0.25) is 4.13 Å². The maximum atomic E-state index is 10.6. The van der Waals surface area contributed by atoms with Gasteiger partial charge >= 0.3 is 61.7 Å². The molecule has 1 aliphatic rings. The van der Waals surface area contributed by atoms with Gasteiger partial charge in [-0.05, 0) is 0 Å². The van der Waals surface area contributed by atoms with Gasteiger partial charge in [0, 0.05) is 0 Å². The average Bonchev–Trinajstić information content (AvgIpc) is 2.13. The Kier molecular flexibility index (Phi) is 6.56. The van der Waals surface area contributed by atoms with E-state index in [1.807, 2.05) is 26.0 Å². The zero-order chi connectivity index (χ0) is 6.91. The Hall–Kier alpha value is 0.444. The fraction of sp³-hybridized carbons (Fsp3) is 0.429. The fourth-order valence-corrected chi connectivity index (χ4v) is 1.53. The predicted octanol–water partition coefficient (Wildman–Crippen LogP) is -3.88. The zero-order valence-electron chi connectivity index (χ0n) is 6.34. The summed E-state index contributed by atoms with van der Waals surface area (Å²) < 4.78 is 10.5. The molecule has 1 aliphatic carbocycles. The average molecular weight is 231 g/mol. The predicted molar refractivity (Wildman–Crippen MR) is 32.0 cm³/mol. The van der Waals surface area contributed by atoms with Gasteiger partial charge < -0.3 is 24.8 Å². The molecule has 0 radical (unpaired) electrons. The van der Waals surface area contributed by atoms with Crippen molar-refractivity contribution in [2.45, 2.75) is 18.0 Å². The standard InChI is InChI=1S/C7H9.2ClH.O.V/c1-6-3-4-7(2)5-6;;;;/h3-5H,1-2H3;2*1H;;/q;;;;+2/p-2. The topological polar surface area (TPSA) is 17.1 Å². The van der Waals surface area contributed by atoms with E-state index in [-0.39, 0.29) is 28.9 Å². The molecular formula is C7H9Cl2OV. The third-order valence-corrected chi connectivity index (χ3v) is 2.45. The summed E-state index contributed by atoms with van der Waals surface area (Å²) in [6, 6.07) is 0. The van der Waals surface area contributed by atoms with Gasteiger partial charge in [-0.3, -0.25) is 0 Å². The molecule has 0 saturated carbocycles. The minimum absolute atomic E-state index is 0. The number of rotatable bonds is 1. The zero-order valence-corrected chi connectivity index (χ0v) is 9.25. The normalized spacial score (nSPS) is 26.2. The van der Waals surface area contributed by atoms with Crippen molar-refractivity contribution in [1.82, 2.24) is 0 Å². The van der Waals surface area contributed by atoms with Crippen molar-refractivity contribution in [3.05, 3.63) is 23.8 Å². The van der Waals surface area contributed by atoms with Gasteiger partial charge in [-0.15, -0.1) is 0 Å². The number of hydrogen-bond donors (Lipinski definition) is 0. The molecule has 0 spiro atoms. The molecule has 1 atom stereocenters. The summed E-state index contributed by atoms with van der Waals surface area (Å²) in [6.07, 6.45) is 6.09. The summed E-state index contributed by atoms with van der Waals surface area (Å²) in [5.74, 6) is 0. The maximum Gasteiger partial charge on any atom is -1.00 e. The van der Waals surface area contributed by atoms with E-state index in [1.165, 1.54) is 5.57 Å². The van der Waals surface area contributed by atoms with Gasteiger partial charge in [0.15, 0.2) is 0 Å². The Balaban J connectivity index is 0. The first-order valence-electron chi connectivity index (χ1n) is 2.89. The van der Waals surface area contributed by atoms with E-state index >= 15 is 0 Å². The molecule has 0 aromatic carbocycles. The number of allylic oxidation sites excluding steroid dienone is 4. The van der Waals surface area contributed by atoms with Crippen LogP contribution in [0.25, 0.3) is 0 Å². The summed E-state index contributed by atoms with van der Waals surface area (Å²) in [6.45, 7) is 4.02. The molecule has 0 fully saturated rings. The molecule has 0 aromatic heterocycles. The van der Waals surface area contributed by atoms with E-state index in [0.29, 0.717) is 0 Å². The minimum Gasteiger partial charge on any atom is -1.00 e. The van der Waals surface area contributed by atoms with Crippen LogP contribution in [0.3, 0.4) is 0 Å². The van der Waals surface area contributed by atoms with E-state index < -0.39 is 16.2 Å². The Morgan fingerprint density at radius 2 is 2.00 bits per heavy atom. The summed E-state index contributed by atoms with van der Waals surface area (Å²) in [7, 11) is 0. The van der Waals surface area contributed by atoms with Crippen LogP contribution < -0.4 is 24.8 Å². The molecule has 0 bridgehead atoms. The Morgan fingerprint density at radius 1 is 1.45 bits per heavy atom. The van der Waals surface area contributed by atoms with Crippen molar-refractivity contribution in [2.24, 2.45) is 0 Å². The van der Waals surface area contributed by atoms with Gasteiger partial charge in [0.1, 0.15) is 0 Å². The second kappa shape index (κ2) is 5.15. The quantitative estimate of drug-likeness (QED) is 0.451. The first-order chi connectivity index (χ1) is 4.16. The molecular weight excluding hydrogens is 222 g/mol. The van der Waals surface area contributed by atoms with E-state index in [2.05, 4.69) is 6.08 Å². The first-order valence-corrected chi connectivity index (χ1v) is 4.16. The van der Waals surface area contributed by atoms with Crippen LogP contribution in [-0.4, -0.2) is 0 Å². The summed E-state index contributed by atoms with van der Waals surface area (Å²) in [5, 5.41) is 0. The van der Waals surface area contributed by atoms with Gasteiger partial charge in [-0.2, -0.15) is 0 Å². The van der Waals surface area contributed by atoms with Crippen LogP contribution in [0.1, 0.15) is 13.8 Å². The second-order valence-electron chi connectivity index (χ2n) is 2.54. The number of hydrogen-bond acceptors (Lipinski definition) is 1. The maximum absolute atomic E-state index is 10.6. The van der Waals surface area contributed by atoms with Crippen LogP contribution in [0.5, 0.6) is 0 Å². The van der Waals surface area contributed by atoms with Crippen LogP contribution in [0, 0.1) is 0 Å². The molecule has 0 N–H and O–H groups in total. The Labute approximate surface area is 86.4 Å². The molecule has 1 nitrogen and oxygen atoms in total. The first kappa shape index (κ1) is 14.0. The van der Waals surface area contributed by atoms with Crippen LogP contribution in [0.4, 0.5) is 0 Å². The molecule has 11 heavy (non-hydrogen) atoms. The van der Waals surface area contributed by atoms with Crippen LogP contribution in [-0.2, 0) is 19.9 Å². The van der Waals surface area contributed by atoms with Crippen molar-refractivity contribution in [2.75, 3.05) is 0 Å². The largest absolute Gasteiger partial charge is 1.00 e. The molecule has 0 saturated heterocycles. The molecule has 0 amide bonds. The third kappa shape index (κ3) is 3.57. The summed E-state index contributed by atoms with van der Waals surface area (Å²) in [4.78, 5) is 0. The van der Waals surface area contributed by atoms with Crippen molar-refractivity contribution < 1.29 is 44.7 Å². The molecule has 0 aliphatic heterocycles. The van der Waals surface area contributed by atoms with Crippen molar-refractivity contribution >= 4 is 0 Å². The fourth-order valence-electron chi connectivity index (χ4n) is 0.914. The van der Waals surface area contributed by atoms with Gasteiger partial charge in [0.05, 0.1) is 0 Å². The molecule has 0 aromatic rings. The van der Waals surface area contributed by atoms with E-state index in [4.69, 9.17) is 0 Å². The van der Waals surface area contributed by atoms with Gasteiger partial charge in [-0.25, -0.2) is 0 Å². The van der Waals surface area contributed by atoms with Gasteiger partial charge in [-0.1, -0.05) is 0 Å². The van der Waals surface area contributed by atoms with E-state index in [9.17, 15) is 3.67 Å². The van der Waals surface area contributed by atoms with Crippen molar-refractivity contribution in [3.63, 3.8) is 0 Å². The summed E-state index contributed by atoms with van der Waals surface area (Å²) >= 11 is -0.790. The molecule has 4 heteroatoms. The van der Waals surface area contributed by atoms with E-state index in [0.717, 1.165) is 0 Å². The molecule has 1 unspecified atom stereocenters. The monoisotopic (exact) mass is 230 g/mol. The molecule has 0 heterocycles. The van der Waals surface area contributed by atoms with Crippen LogP contribution >= 0.6 is 0 Å². The molecule has 1 rings (SSSR count). The Morgan fingerprint density at radius 3 is 2.18 bits per heavy atom. The van der Waals surface area contributed by atoms with Gasteiger partial charge in [0.25, 0.3) is 0 Å². The minimum atomic E-state index is -0.790. The van der Waals surface area contributed by atoms with Crippen molar-refractivity contribution in [3.8, 4) is 0 Å². The van der Waals surface area contributed by atoms with Crippen LogP contribution in [0.15, 0.2) is 23.8 Å².